The van der Waals surface area contributed by atoms with Crippen molar-refractivity contribution in [3.05, 3.63) is 64.0 Å². The Morgan fingerprint density at radius 3 is 2.45 bits per heavy atom. The minimum Gasteiger partial charge on any atom is -0.455 e. The van der Waals surface area contributed by atoms with E-state index in [2.05, 4.69) is 10.1 Å². The molecular formula is C17H16FN3O7S. The Hall–Kier alpha value is -3.38. The van der Waals surface area contributed by atoms with Crippen LogP contribution in [0.3, 0.4) is 0 Å². The van der Waals surface area contributed by atoms with E-state index in [1.54, 1.807) is 19.1 Å². The van der Waals surface area contributed by atoms with E-state index in [1.807, 2.05) is 4.72 Å². The fraction of sp³-hybridized carbons (Fsp3) is 0.176. The number of nitrogens with zero attached hydrogens (tertiary/aromatic N) is 1. The highest BCUT2D eigenvalue weighted by Crippen LogP contribution is 2.21. The summed E-state index contributed by atoms with van der Waals surface area (Å²) in [6, 6.07) is 8.65. The first-order chi connectivity index (χ1) is 13.6. The third-order valence-corrected chi connectivity index (χ3v) is 4.95. The molecule has 1 amide bonds. The van der Waals surface area contributed by atoms with Gasteiger partial charge in [0.1, 0.15) is 6.54 Å². The molecule has 2 aromatic rings. The lowest BCUT2D eigenvalue weighted by atomic mass is 10.2. The number of nitrogens with one attached hydrogen (secondary N) is 2. The van der Waals surface area contributed by atoms with Crippen molar-refractivity contribution in [3.63, 3.8) is 0 Å². The molecule has 2 N–H and O–H groups in total. The number of halogens is 1. The summed E-state index contributed by atoms with van der Waals surface area (Å²) >= 11 is 0. The second-order valence-corrected chi connectivity index (χ2v) is 7.54. The Labute approximate surface area is 164 Å². The first-order valence-electron chi connectivity index (χ1n) is 8.04. The maximum Gasteiger partial charge on any atom is 0.321 e. The van der Waals surface area contributed by atoms with E-state index in [4.69, 9.17) is 0 Å². The van der Waals surface area contributed by atoms with Crippen molar-refractivity contribution in [2.45, 2.75) is 11.8 Å². The van der Waals surface area contributed by atoms with E-state index in [-0.39, 0.29) is 10.6 Å². The zero-order valence-corrected chi connectivity index (χ0v) is 15.9. The van der Waals surface area contributed by atoms with E-state index < -0.39 is 51.5 Å². The first-order valence-corrected chi connectivity index (χ1v) is 9.52. The zero-order chi connectivity index (χ0) is 21.6. The van der Waals surface area contributed by atoms with Gasteiger partial charge in [-0.3, -0.25) is 19.7 Å². The molecule has 2 aromatic carbocycles. The van der Waals surface area contributed by atoms with Gasteiger partial charge in [-0.2, -0.15) is 9.11 Å². The largest absolute Gasteiger partial charge is 0.455 e. The van der Waals surface area contributed by atoms with Crippen LogP contribution in [-0.4, -0.2) is 38.4 Å². The smallest absolute Gasteiger partial charge is 0.321 e. The first kappa shape index (κ1) is 21.9. The zero-order valence-electron chi connectivity index (χ0n) is 15.0. The van der Waals surface area contributed by atoms with Gasteiger partial charge in [0.25, 0.3) is 5.91 Å². The molecule has 2 rings (SSSR count). The van der Waals surface area contributed by atoms with Crippen LogP contribution in [0.1, 0.15) is 5.56 Å². The van der Waals surface area contributed by atoms with Crippen LogP contribution in [0.4, 0.5) is 15.8 Å². The van der Waals surface area contributed by atoms with E-state index in [9.17, 15) is 32.5 Å². The molecule has 0 atom stereocenters. The maximum atomic E-state index is 13.3. The Morgan fingerprint density at radius 2 is 1.83 bits per heavy atom. The molecule has 0 saturated heterocycles. The van der Waals surface area contributed by atoms with Crippen LogP contribution in [0, 0.1) is 22.9 Å². The minimum absolute atomic E-state index is 0.0356. The Balaban J connectivity index is 1.84. The Kier molecular flexibility index (Phi) is 6.96. The van der Waals surface area contributed by atoms with E-state index in [1.165, 1.54) is 12.1 Å². The summed E-state index contributed by atoms with van der Waals surface area (Å²) in [6.45, 7) is 0.318. The van der Waals surface area contributed by atoms with Gasteiger partial charge >= 0.3 is 11.7 Å². The van der Waals surface area contributed by atoms with Gasteiger partial charge in [0.05, 0.1) is 9.82 Å². The van der Waals surface area contributed by atoms with Crippen LogP contribution in [0.5, 0.6) is 0 Å². The number of benzene rings is 2. The van der Waals surface area contributed by atoms with Crippen LogP contribution in [0.2, 0.25) is 0 Å². The number of esters is 1. The maximum absolute atomic E-state index is 13.3. The quantitative estimate of drug-likeness (QED) is 0.370. The molecule has 0 radical (unpaired) electrons. The van der Waals surface area contributed by atoms with Crippen molar-refractivity contribution in [2.75, 3.05) is 18.5 Å². The highest BCUT2D eigenvalue weighted by molar-refractivity contribution is 7.89. The molecule has 0 saturated carbocycles. The van der Waals surface area contributed by atoms with Crippen molar-refractivity contribution in [3.8, 4) is 0 Å². The number of sulfonamides is 1. The van der Waals surface area contributed by atoms with Crippen LogP contribution >= 0.6 is 0 Å². The molecule has 0 heterocycles. The van der Waals surface area contributed by atoms with Crippen LogP contribution in [0.15, 0.2) is 47.4 Å². The SMILES string of the molecule is Cc1ccc(S(=O)(=O)NCC(=O)OCC(=O)Nc2ccc(F)c([N+](=O)[O-])c2)cc1. The summed E-state index contributed by atoms with van der Waals surface area (Å²) in [6.07, 6.45) is 0. The monoisotopic (exact) mass is 425 g/mol. The fourth-order valence-corrected chi connectivity index (χ4v) is 3.05. The Morgan fingerprint density at radius 1 is 1.17 bits per heavy atom. The highest BCUT2D eigenvalue weighted by Gasteiger charge is 2.18. The van der Waals surface area contributed by atoms with E-state index in [0.717, 1.165) is 23.8 Å². The topological polar surface area (TPSA) is 145 Å². The van der Waals surface area contributed by atoms with E-state index in [0.29, 0.717) is 0 Å². The minimum atomic E-state index is -3.93. The second-order valence-electron chi connectivity index (χ2n) is 5.77. The van der Waals surface area contributed by atoms with Crippen molar-refractivity contribution in [2.24, 2.45) is 0 Å². The standard InChI is InChI=1S/C17H16FN3O7S/c1-11-2-5-13(6-3-11)29(26,27)19-9-17(23)28-10-16(22)20-12-4-7-14(18)15(8-12)21(24)25/h2-8,19H,9-10H2,1H3,(H,20,22). The number of rotatable bonds is 8. The third-order valence-electron chi connectivity index (χ3n) is 3.53. The molecule has 0 aliphatic heterocycles. The van der Waals surface area contributed by atoms with Crippen molar-refractivity contribution in [1.29, 1.82) is 0 Å². The summed E-state index contributed by atoms with van der Waals surface area (Å²) < 4.78 is 44.1. The molecule has 0 fully saturated rings. The third kappa shape index (κ3) is 6.33. The van der Waals surface area contributed by atoms with E-state index >= 15 is 0 Å². The number of hydrogen-bond acceptors (Lipinski definition) is 7. The van der Waals surface area contributed by atoms with Crippen molar-refractivity contribution >= 4 is 33.3 Å². The molecule has 0 bridgehead atoms. The van der Waals surface area contributed by atoms with Gasteiger partial charge in [-0.15, -0.1) is 0 Å². The number of anilines is 1. The number of carbonyl (C=O) groups excluding carboxylic acids is 2. The van der Waals surface area contributed by atoms with Crippen LogP contribution in [0.25, 0.3) is 0 Å². The molecule has 12 heteroatoms. The number of nitro benzene ring substituents is 1. The summed E-state index contributed by atoms with van der Waals surface area (Å²) in [4.78, 5) is 33.1. The summed E-state index contributed by atoms with van der Waals surface area (Å²) in [5.74, 6) is -2.93. The average Bonchev–Trinajstić information content (AvgIpc) is 2.66. The molecule has 154 valence electrons. The van der Waals surface area contributed by atoms with Gasteiger partial charge in [-0.05, 0) is 31.2 Å². The Bertz CT molecular complexity index is 1040. The molecule has 0 aliphatic carbocycles. The van der Waals surface area contributed by atoms with Crippen LogP contribution < -0.4 is 10.0 Å². The lowest BCUT2D eigenvalue weighted by Crippen LogP contribution is -2.32. The molecule has 0 aromatic heterocycles. The lowest BCUT2D eigenvalue weighted by molar-refractivity contribution is -0.387. The molecule has 0 spiro atoms. The predicted molar refractivity (Wildman–Crippen MR) is 99.0 cm³/mol. The average molecular weight is 425 g/mol. The number of carbonyl (C=O) groups is 2. The van der Waals surface area contributed by atoms with Gasteiger partial charge in [-0.1, -0.05) is 17.7 Å². The lowest BCUT2D eigenvalue weighted by Gasteiger charge is -2.08. The molecule has 0 aliphatic rings. The van der Waals surface area contributed by atoms with Crippen molar-refractivity contribution in [1.82, 2.24) is 4.72 Å². The highest BCUT2D eigenvalue weighted by atomic mass is 32.2. The molecule has 29 heavy (non-hydrogen) atoms. The predicted octanol–water partition coefficient (Wildman–Crippen LogP) is 1.50. The number of ether oxygens (including phenoxy) is 1. The normalized spacial score (nSPS) is 11.0. The summed E-state index contributed by atoms with van der Waals surface area (Å²) in [5.41, 5.74) is -0.0367. The van der Waals surface area contributed by atoms with Gasteiger partial charge in [0, 0.05) is 11.8 Å². The van der Waals surface area contributed by atoms with Gasteiger partial charge in [0.2, 0.25) is 15.8 Å². The number of amides is 1. The second kappa shape index (κ2) is 9.21. The van der Waals surface area contributed by atoms with Gasteiger partial charge in [-0.25, -0.2) is 8.42 Å². The molecule has 0 unspecified atom stereocenters. The van der Waals surface area contributed by atoms with Gasteiger partial charge < -0.3 is 10.1 Å². The molecule has 10 nitrogen and oxygen atoms in total. The van der Waals surface area contributed by atoms with Crippen molar-refractivity contribution < 1.29 is 32.1 Å². The molecular weight excluding hydrogens is 409 g/mol. The fourth-order valence-electron chi connectivity index (χ4n) is 2.08. The number of nitro groups is 1. The van der Waals surface area contributed by atoms with Crippen LogP contribution in [-0.2, 0) is 24.3 Å². The van der Waals surface area contributed by atoms with Gasteiger partial charge in [0.15, 0.2) is 6.61 Å². The summed E-state index contributed by atoms with van der Waals surface area (Å²) in [7, 11) is -3.93. The summed E-state index contributed by atoms with van der Waals surface area (Å²) in [5, 5.41) is 12.9. The number of aryl methyl sites for hydroxylation is 1. The number of hydrogen-bond donors (Lipinski definition) is 2.